The highest BCUT2D eigenvalue weighted by Crippen LogP contribution is 2.66. The van der Waals surface area contributed by atoms with Gasteiger partial charge in [0.2, 0.25) is 0 Å². The monoisotopic (exact) mass is 314 g/mol. The van der Waals surface area contributed by atoms with Gasteiger partial charge in [-0.3, -0.25) is 9.59 Å². The lowest BCUT2D eigenvalue weighted by molar-refractivity contribution is -0.128. The Morgan fingerprint density at radius 1 is 1.04 bits per heavy atom. The number of carbonyl (C=O) groups is 2. The molecule has 0 spiro atoms. The lowest BCUT2D eigenvalue weighted by Crippen LogP contribution is -2.51. The van der Waals surface area contributed by atoms with Crippen LogP contribution in [0.25, 0.3) is 0 Å². The number of rotatable bonds is 1. The SMILES string of the molecule is CC(=O)[C@H]1CC[C@H]2[C@@H]3CCC4=CC(=O)CC[C@]4(C)[C@@H]3CC[C@@]12C. The predicted octanol–water partition coefficient (Wildman–Crippen LogP) is 4.72. The second-order valence-electron chi connectivity index (χ2n) is 9.25. The van der Waals surface area contributed by atoms with Crippen LogP contribution in [0.2, 0.25) is 0 Å². The molecule has 2 nitrogen and oxygen atoms in total. The molecule has 0 aromatic heterocycles. The van der Waals surface area contributed by atoms with Crippen molar-refractivity contribution < 1.29 is 9.59 Å². The molecular weight excluding hydrogens is 284 g/mol. The zero-order valence-electron chi connectivity index (χ0n) is 14.9. The fourth-order valence-corrected chi connectivity index (χ4v) is 7.23. The maximum atomic E-state index is 12.1. The van der Waals surface area contributed by atoms with E-state index in [0.717, 1.165) is 43.4 Å². The van der Waals surface area contributed by atoms with Crippen molar-refractivity contribution in [2.24, 2.45) is 34.5 Å². The van der Waals surface area contributed by atoms with E-state index in [1.54, 1.807) is 6.92 Å². The Morgan fingerprint density at radius 3 is 2.57 bits per heavy atom. The first-order valence-corrected chi connectivity index (χ1v) is 9.60. The highest BCUT2D eigenvalue weighted by Gasteiger charge is 2.59. The maximum Gasteiger partial charge on any atom is 0.155 e. The van der Waals surface area contributed by atoms with Gasteiger partial charge in [0.05, 0.1) is 0 Å². The first-order chi connectivity index (χ1) is 10.9. The second-order valence-corrected chi connectivity index (χ2v) is 9.25. The van der Waals surface area contributed by atoms with Gasteiger partial charge < -0.3 is 0 Å². The Hall–Kier alpha value is -0.920. The van der Waals surface area contributed by atoms with Crippen LogP contribution in [0, 0.1) is 34.5 Å². The van der Waals surface area contributed by atoms with E-state index in [1.165, 1.54) is 31.3 Å². The van der Waals surface area contributed by atoms with Gasteiger partial charge in [-0.15, -0.1) is 0 Å². The van der Waals surface area contributed by atoms with Crippen LogP contribution in [0.4, 0.5) is 0 Å². The molecule has 2 heteroatoms. The van der Waals surface area contributed by atoms with Crippen molar-refractivity contribution in [3.8, 4) is 0 Å². The Kier molecular flexibility index (Phi) is 3.42. The standard InChI is InChI=1S/C21H30O2/c1-13(22)17-6-7-18-16-5-4-14-12-15(23)8-10-20(14,2)19(16)9-11-21(17,18)3/h12,16-19H,4-11H2,1-3H3/t16-,17+,18-,19+,20-,21-/m0/s1. The van der Waals surface area contributed by atoms with Crippen molar-refractivity contribution >= 4 is 11.6 Å². The molecule has 4 aliphatic rings. The summed E-state index contributed by atoms with van der Waals surface area (Å²) in [4.78, 5) is 24.0. The average Bonchev–Trinajstić information content (AvgIpc) is 2.85. The number of allylic oxidation sites excluding steroid dienone is 1. The Balaban J connectivity index is 1.67. The van der Waals surface area contributed by atoms with Gasteiger partial charge in [-0.2, -0.15) is 0 Å². The summed E-state index contributed by atoms with van der Waals surface area (Å²) in [5.41, 5.74) is 1.95. The molecule has 0 N–H and O–H groups in total. The van der Waals surface area contributed by atoms with Crippen LogP contribution < -0.4 is 0 Å². The fraction of sp³-hybridized carbons (Fsp3) is 0.810. The van der Waals surface area contributed by atoms with Gasteiger partial charge in [0.1, 0.15) is 5.78 Å². The fourth-order valence-electron chi connectivity index (χ4n) is 7.23. The van der Waals surface area contributed by atoms with E-state index in [9.17, 15) is 9.59 Å². The van der Waals surface area contributed by atoms with E-state index in [1.807, 2.05) is 6.08 Å². The van der Waals surface area contributed by atoms with Crippen molar-refractivity contribution in [2.45, 2.75) is 72.1 Å². The molecule has 3 fully saturated rings. The van der Waals surface area contributed by atoms with E-state index >= 15 is 0 Å². The minimum absolute atomic E-state index is 0.245. The Bertz CT molecular complexity index is 589. The first-order valence-electron chi connectivity index (χ1n) is 9.60. The predicted molar refractivity (Wildman–Crippen MR) is 90.9 cm³/mol. The summed E-state index contributed by atoms with van der Waals surface area (Å²) in [5, 5.41) is 0. The molecule has 0 bridgehead atoms. The molecule has 0 aromatic carbocycles. The normalized spacial score (nSPS) is 49.0. The van der Waals surface area contributed by atoms with Gasteiger partial charge in [-0.05, 0) is 86.5 Å². The summed E-state index contributed by atoms with van der Waals surface area (Å²) in [7, 11) is 0. The molecule has 0 amide bonds. The third-order valence-electron chi connectivity index (χ3n) is 8.45. The van der Waals surface area contributed by atoms with E-state index in [4.69, 9.17) is 0 Å². The number of hydrogen-bond acceptors (Lipinski definition) is 2. The van der Waals surface area contributed by atoms with Gasteiger partial charge in [0.15, 0.2) is 5.78 Å². The first kappa shape index (κ1) is 15.6. The molecule has 0 radical (unpaired) electrons. The van der Waals surface area contributed by atoms with Crippen LogP contribution in [0.1, 0.15) is 72.1 Å². The summed E-state index contributed by atoms with van der Waals surface area (Å²) in [6.07, 6.45) is 10.9. The summed E-state index contributed by atoms with van der Waals surface area (Å²) in [6.45, 7) is 6.65. The van der Waals surface area contributed by atoms with Gasteiger partial charge in [0, 0.05) is 12.3 Å². The van der Waals surface area contributed by atoms with Crippen LogP contribution in [-0.4, -0.2) is 11.6 Å². The second kappa shape index (κ2) is 5.04. The molecule has 23 heavy (non-hydrogen) atoms. The molecule has 6 atom stereocenters. The van der Waals surface area contributed by atoms with Crippen LogP contribution in [0.5, 0.6) is 0 Å². The van der Waals surface area contributed by atoms with Crippen molar-refractivity contribution in [3.63, 3.8) is 0 Å². The van der Waals surface area contributed by atoms with Crippen molar-refractivity contribution in [3.05, 3.63) is 11.6 Å². The van der Waals surface area contributed by atoms with Crippen molar-refractivity contribution in [1.82, 2.24) is 0 Å². The number of hydrogen-bond donors (Lipinski definition) is 0. The molecule has 4 aliphatic carbocycles. The van der Waals surface area contributed by atoms with E-state index in [-0.39, 0.29) is 10.8 Å². The van der Waals surface area contributed by atoms with Crippen LogP contribution >= 0.6 is 0 Å². The van der Waals surface area contributed by atoms with Crippen molar-refractivity contribution in [2.75, 3.05) is 0 Å². The number of Topliss-reactive ketones (excluding diaryl/α,β-unsaturated/α-hetero) is 1. The molecule has 4 rings (SSSR count). The van der Waals surface area contributed by atoms with Gasteiger partial charge in [-0.25, -0.2) is 0 Å². The third kappa shape index (κ3) is 2.06. The van der Waals surface area contributed by atoms with Gasteiger partial charge >= 0.3 is 0 Å². The molecular formula is C21H30O2. The van der Waals surface area contributed by atoms with Crippen LogP contribution in [0.15, 0.2) is 11.6 Å². The number of fused-ring (bicyclic) bond motifs is 5. The van der Waals surface area contributed by atoms with Gasteiger partial charge in [-0.1, -0.05) is 19.4 Å². The Labute approximate surface area is 140 Å². The highest BCUT2D eigenvalue weighted by atomic mass is 16.1. The lowest BCUT2D eigenvalue weighted by Gasteiger charge is -2.58. The zero-order valence-corrected chi connectivity index (χ0v) is 14.9. The molecule has 0 aliphatic heterocycles. The zero-order chi connectivity index (χ0) is 16.4. The molecule has 0 saturated heterocycles. The van der Waals surface area contributed by atoms with E-state index in [0.29, 0.717) is 17.5 Å². The van der Waals surface area contributed by atoms with Gasteiger partial charge in [0.25, 0.3) is 0 Å². The summed E-state index contributed by atoms with van der Waals surface area (Å²) in [5.74, 6) is 3.29. The minimum atomic E-state index is 0.245. The number of ketones is 2. The summed E-state index contributed by atoms with van der Waals surface area (Å²) in [6, 6.07) is 0. The smallest absolute Gasteiger partial charge is 0.155 e. The topological polar surface area (TPSA) is 34.1 Å². The largest absolute Gasteiger partial charge is 0.300 e. The molecule has 0 unspecified atom stereocenters. The molecule has 0 heterocycles. The molecule has 0 aromatic rings. The summed E-state index contributed by atoms with van der Waals surface area (Å²) < 4.78 is 0. The lowest BCUT2D eigenvalue weighted by atomic mass is 9.47. The van der Waals surface area contributed by atoms with E-state index in [2.05, 4.69) is 13.8 Å². The summed E-state index contributed by atoms with van der Waals surface area (Å²) >= 11 is 0. The molecule has 3 saturated carbocycles. The van der Waals surface area contributed by atoms with Crippen LogP contribution in [-0.2, 0) is 9.59 Å². The number of carbonyl (C=O) groups excluding carboxylic acids is 2. The minimum Gasteiger partial charge on any atom is -0.300 e. The maximum absolute atomic E-state index is 12.1. The molecule has 126 valence electrons. The van der Waals surface area contributed by atoms with Crippen molar-refractivity contribution in [1.29, 1.82) is 0 Å². The van der Waals surface area contributed by atoms with E-state index < -0.39 is 0 Å². The quantitative estimate of drug-likeness (QED) is 0.701. The third-order valence-corrected chi connectivity index (χ3v) is 8.45. The Morgan fingerprint density at radius 2 is 1.83 bits per heavy atom. The van der Waals surface area contributed by atoms with Crippen LogP contribution in [0.3, 0.4) is 0 Å². The average molecular weight is 314 g/mol. The highest BCUT2D eigenvalue weighted by molar-refractivity contribution is 5.91.